The van der Waals surface area contributed by atoms with Crippen LogP contribution in [0.4, 0.5) is 5.69 Å². The highest BCUT2D eigenvalue weighted by Gasteiger charge is 2.16. The normalized spacial score (nSPS) is 15.0. The van der Waals surface area contributed by atoms with Crippen LogP contribution in [0.1, 0.15) is 12.5 Å². The van der Waals surface area contributed by atoms with Gasteiger partial charge in [-0.2, -0.15) is 0 Å². The van der Waals surface area contributed by atoms with Crippen molar-refractivity contribution in [3.63, 3.8) is 0 Å². The smallest absolute Gasteiger partial charge is 0.163 e. The first-order valence-electron chi connectivity index (χ1n) is 10.3. The average molecular weight is 413 g/mol. The monoisotopic (exact) mass is 412 g/mol. The lowest BCUT2D eigenvalue weighted by atomic mass is 10.1. The van der Waals surface area contributed by atoms with Crippen molar-refractivity contribution in [2.75, 3.05) is 65.6 Å². The first kappa shape index (κ1) is 22.0. The number of allylic oxidation sites excluding steroid dienone is 1. The van der Waals surface area contributed by atoms with E-state index in [1.807, 2.05) is 50.4 Å². The molecule has 2 aromatic rings. The van der Waals surface area contributed by atoms with E-state index in [1.165, 1.54) is 0 Å². The lowest BCUT2D eigenvalue weighted by Gasteiger charge is -2.27. The van der Waals surface area contributed by atoms with Gasteiger partial charge in [0.1, 0.15) is 12.4 Å². The Morgan fingerprint density at radius 2 is 1.77 bits per heavy atom. The van der Waals surface area contributed by atoms with Crippen LogP contribution in [0.25, 0.3) is 5.70 Å². The zero-order valence-electron chi connectivity index (χ0n) is 18.4. The third-order valence-electron chi connectivity index (χ3n) is 5.32. The van der Waals surface area contributed by atoms with Crippen LogP contribution < -0.4 is 19.1 Å². The van der Waals surface area contributed by atoms with Gasteiger partial charge in [-0.15, -0.1) is 0 Å². The van der Waals surface area contributed by atoms with Crippen molar-refractivity contribution >= 4 is 11.4 Å². The maximum absolute atomic E-state index is 6.11. The first-order valence-corrected chi connectivity index (χ1v) is 10.3. The second kappa shape index (κ2) is 10.9. The van der Waals surface area contributed by atoms with Crippen LogP contribution in [-0.2, 0) is 4.74 Å². The van der Waals surface area contributed by atoms with Crippen LogP contribution in [0.15, 0.2) is 48.5 Å². The number of hydrogen-bond acceptors (Lipinski definition) is 6. The third-order valence-corrected chi connectivity index (χ3v) is 5.32. The molecule has 0 N–H and O–H groups in total. The fourth-order valence-corrected chi connectivity index (χ4v) is 3.62. The SMILES string of the molecule is C/C=C(\c1ccccc1OC)N(C)c1ccc(OC)c(OCCN2CCOCC2)c1. The van der Waals surface area contributed by atoms with Gasteiger partial charge < -0.3 is 23.8 Å². The molecule has 3 rings (SSSR count). The van der Waals surface area contributed by atoms with Gasteiger partial charge in [0.15, 0.2) is 11.5 Å². The highest BCUT2D eigenvalue weighted by molar-refractivity contribution is 5.82. The fourth-order valence-electron chi connectivity index (χ4n) is 3.62. The molecular weight excluding hydrogens is 380 g/mol. The van der Waals surface area contributed by atoms with Crippen LogP contribution in [0.3, 0.4) is 0 Å². The standard InChI is InChI=1S/C24H32N2O4/c1-5-21(20-8-6-7-9-22(20)27-3)25(2)19-10-11-23(28-4)24(18-19)30-17-14-26-12-15-29-16-13-26/h5-11,18H,12-17H2,1-4H3/b21-5+. The number of para-hydroxylation sites is 1. The summed E-state index contributed by atoms with van der Waals surface area (Å²) >= 11 is 0. The molecule has 0 unspecified atom stereocenters. The van der Waals surface area contributed by atoms with E-state index in [-0.39, 0.29) is 0 Å². The van der Waals surface area contributed by atoms with Crippen LogP contribution in [0.5, 0.6) is 17.2 Å². The number of hydrogen-bond donors (Lipinski definition) is 0. The van der Waals surface area contributed by atoms with Crippen molar-refractivity contribution in [2.24, 2.45) is 0 Å². The van der Waals surface area contributed by atoms with Gasteiger partial charge in [0.2, 0.25) is 0 Å². The molecule has 0 amide bonds. The number of morpholine rings is 1. The topological polar surface area (TPSA) is 43.4 Å². The van der Waals surface area contributed by atoms with Crippen LogP contribution in [0, 0.1) is 0 Å². The summed E-state index contributed by atoms with van der Waals surface area (Å²) in [5.74, 6) is 2.31. The van der Waals surface area contributed by atoms with Gasteiger partial charge in [0.05, 0.1) is 27.4 Å². The van der Waals surface area contributed by atoms with E-state index in [1.54, 1.807) is 14.2 Å². The van der Waals surface area contributed by atoms with Crippen molar-refractivity contribution in [3.8, 4) is 17.2 Å². The Kier molecular flexibility index (Phi) is 7.99. The molecule has 0 atom stereocenters. The molecule has 6 heteroatoms. The minimum Gasteiger partial charge on any atom is -0.496 e. The molecule has 0 spiro atoms. The van der Waals surface area contributed by atoms with Crippen molar-refractivity contribution in [1.82, 2.24) is 4.90 Å². The molecule has 1 aliphatic heterocycles. The van der Waals surface area contributed by atoms with Gasteiger partial charge in [-0.1, -0.05) is 18.2 Å². The number of rotatable bonds is 9. The van der Waals surface area contributed by atoms with Crippen LogP contribution in [-0.4, -0.2) is 65.6 Å². The molecule has 30 heavy (non-hydrogen) atoms. The molecule has 0 saturated carbocycles. The Bertz CT molecular complexity index is 847. The van der Waals surface area contributed by atoms with E-state index < -0.39 is 0 Å². The summed E-state index contributed by atoms with van der Waals surface area (Å²) in [7, 11) is 5.40. The maximum atomic E-state index is 6.11. The van der Waals surface area contributed by atoms with Gasteiger partial charge >= 0.3 is 0 Å². The molecule has 0 radical (unpaired) electrons. The minimum atomic E-state index is 0.604. The van der Waals surface area contributed by atoms with Crippen molar-refractivity contribution < 1.29 is 18.9 Å². The van der Waals surface area contributed by atoms with Gasteiger partial charge in [0, 0.05) is 49.7 Å². The van der Waals surface area contributed by atoms with E-state index in [2.05, 4.69) is 21.9 Å². The lowest BCUT2D eigenvalue weighted by molar-refractivity contribution is 0.0321. The maximum Gasteiger partial charge on any atom is 0.163 e. The zero-order valence-corrected chi connectivity index (χ0v) is 18.4. The predicted octanol–water partition coefficient (Wildman–Crippen LogP) is 3.91. The Morgan fingerprint density at radius 3 is 2.47 bits per heavy atom. The minimum absolute atomic E-state index is 0.604. The molecule has 0 aliphatic carbocycles. The quantitative estimate of drug-likeness (QED) is 0.622. The Morgan fingerprint density at radius 1 is 1.03 bits per heavy atom. The highest BCUT2D eigenvalue weighted by Crippen LogP contribution is 2.36. The highest BCUT2D eigenvalue weighted by atomic mass is 16.5. The Hall–Kier alpha value is -2.70. The number of anilines is 1. The number of nitrogens with zero attached hydrogens (tertiary/aromatic N) is 2. The summed E-state index contributed by atoms with van der Waals surface area (Å²) in [5.41, 5.74) is 3.10. The summed E-state index contributed by atoms with van der Waals surface area (Å²) in [4.78, 5) is 4.48. The van der Waals surface area contributed by atoms with E-state index in [9.17, 15) is 0 Å². The second-order valence-electron chi connectivity index (χ2n) is 7.07. The largest absolute Gasteiger partial charge is 0.496 e. The van der Waals surface area contributed by atoms with E-state index in [4.69, 9.17) is 18.9 Å². The van der Waals surface area contributed by atoms with Crippen LogP contribution >= 0.6 is 0 Å². The van der Waals surface area contributed by atoms with E-state index in [0.717, 1.165) is 67.0 Å². The molecule has 1 fully saturated rings. The van der Waals surface area contributed by atoms with E-state index in [0.29, 0.717) is 6.61 Å². The van der Waals surface area contributed by atoms with Gasteiger partial charge in [0.25, 0.3) is 0 Å². The van der Waals surface area contributed by atoms with E-state index >= 15 is 0 Å². The lowest BCUT2D eigenvalue weighted by Crippen LogP contribution is -2.38. The molecule has 162 valence electrons. The third kappa shape index (κ3) is 5.26. The molecule has 0 bridgehead atoms. The van der Waals surface area contributed by atoms with Crippen molar-refractivity contribution in [1.29, 1.82) is 0 Å². The molecule has 6 nitrogen and oxygen atoms in total. The predicted molar refractivity (Wildman–Crippen MR) is 121 cm³/mol. The van der Waals surface area contributed by atoms with Crippen LogP contribution in [0.2, 0.25) is 0 Å². The summed E-state index contributed by atoms with van der Waals surface area (Å²) < 4.78 is 22.6. The summed E-state index contributed by atoms with van der Waals surface area (Å²) in [5, 5.41) is 0. The zero-order chi connectivity index (χ0) is 21.3. The molecule has 1 heterocycles. The molecule has 2 aromatic carbocycles. The summed E-state index contributed by atoms with van der Waals surface area (Å²) in [6.45, 7) is 6.99. The number of ether oxygens (including phenoxy) is 4. The van der Waals surface area contributed by atoms with Crippen molar-refractivity contribution in [2.45, 2.75) is 6.92 Å². The average Bonchev–Trinajstić information content (AvgIpc) is 2.80. The van der Waals surface area contributed by atoms with Crippen molar-refractivity contribution in [3.05, 3.63) is 54.1 Å². The Balaban J connectivity index is 1.76. The molecule has 0 aromatic heterocycles. The summed E-state index contributed by atoms with van der Waals surface area (Å²) in [6.07, 6.45) is 2.08. The fraction of sp³-hybridized carbons (Fsp3) is 0.417. The molecular formula is C24H32N2O4. The van der Waals surface area contributed by atoms with Gasteiger partial charge in [-0.05, 0) is 31.2 Å². The first-order chi connectivity index (χ1) is 14.7. The summed E-state index contributed by atoms with van der Waals surface area (Å²) in [6, 6.07) is 14.0. The second-order valence-corrected chi connectivity index (χ2v) is 7.07. The molecule has 1 aliphatic rings. The van der Waals surface area contributed by atoms with Gasteiger partial charge in [-0.3, -0.25) is 4.90 Å². The number of methoxy groups -OCH3 is 2. The molecule has 1 saturated heterocycles. The van der Waals surface area contributed by atoms with Gasteiger partial charge in [-0.25, -0.2) is 0 Å². The Labute approximate surface area is 179 Å². The number of benzene rings is 2.